The maximum atomic E-state index is 10.8. The fourth-order valence-corrected chi connectivity index (χ4v) is 3.12. The lowest BCUT2D eigenvalue weighted by molar-refractivity contribution is -0.133. The van der Waals surface area contributed by atoms with Gasteiger partial charge in [-0.05, 0) is 39.6 Å². The van der Waals surface area contributed by atoms with Gasteiger partial charge in [-0.15, -0.1) is 0 Å². The minimum atomic E-state index is -0.844. The second kappa shape index (κ2) is 6.44. The van der Waals surface area contributed by atoms with Crippen LogP contribution in [0, 0.1) is 6.92 Å². The Morgan fingerprint density at radius 2 is 2.24 bits per heavy atom. The minimum absolute atomic E-state index is 0.00299. The Morgan fingerprint density at radius 3 is 2.86 bits per heavy atom. The fraction of sp³-hybridized carbons (Fsp3) is 0.500. The number of aromatic nitrogens is 3. The van der Waals surface area contributed by atoms with Crippen molar-refractivity contribution < 1.29 is 9.90 Å². The minimum Gasteiger partial charge on any atom is -0.481 e. The highest BCUT2D eigenvalue weighted by atomic mass is 32.2. The molecule has 2 aromatic rings. The molecule has 2 rings (SSSR count). The normalized spacial score (nSPS) is 13.0. The van der Waals surface area contributed by atoms with Gasteiger partial charge in [-0.2, -0.15) is 0 Å². The number of hydrogen-bond donors (Lipinski definition) is 1. The van der Waals surface area contributed by atoms with Crippen molar-refractivity contribution in [1.82, 2.24) is 19.4 Å². The summed E-state index contributed by atoms with van der Waals surface area (Å²) in [5.74, 6) is -0.847. The van der Waals surface area contributed by atoms with Crippen LogP contribution in [0.1, 0.15) is 18.5 Å². The molecule has 21 heavy (non-hydrogen) atoms. The van der Waals surface area contributed by atoms with Gasteiger partial charge < -0.3 is 10.0 Å². The van der Waals surface area contributed by atoms with E-state index >= 15 is 0 Å². The molecule has 2 heterocycles. The van der Waals surface area contributed by atoms with Gasteiger partial charge in [-0.3, -0.25) is 9.36 Å². The van der Waals surface area contributed by atoms with Gasteiger partial charge in [0.25, 0.3) is 0 Å². The number of fused-ring (bicyclic) bond motifs is 1. The van der Waals surface area contributed by atoms with Crippen molar-refractivity contribution in [2.45, 2.75) is 25.0 Å². The predicted octanol–water partition coefficient (Wildman–Crippen LogP) is 2.04. The highest BCUT2D eigenvalue weighted by molar-refractivity contribution is 7.99. The summed E-state index contributed by atoms with van der Waals surface area (Å²) in [6, 6.07) is 2.14. The number of nitrogens with zero attached hydrogens (tertiary/aromatic N) is 4. The summed E-state index contributed by atoms with van der Waals surface area (Å²) in [6.45, 7) is 4.90. The first-order valence-electron chi connectivity index (χ1n) is 6.72. The van der Waals surface area contributed by atoms with Crippen molar-refractivity contribution >= 4 is 28.9 Å². The average molecular weight is 308 g/mol. The van der Waals surface area contributed by atoms with E-state index in [-0.39, 0.29) is 11.8 Å². The summed E-state index contributed by atoms with van der Waals surface area (Å²) in [4.78, 5) is 21.9. The molecule has 0 spiro atoms. The van der Waals surface area contributed by atoms with E-state index in [0.29, 0.717) is 5.16 Å². The van der Waals surface area contributed by atoms with E-state index in [0.717, 1.165) is 23.3 Å². The molecule has 1 atom stereocenters. The lowest BCUT2D eigenvalue weighted by Crippen LogP contribution is -2.23. The molecule has 0 aliphatic carbocycles. The third kappa shape index (κ3) is 3.74. The number of imidazole rings is 1. The van der Waals surface area contributed by atoms with Crippen LogP contribution in [-0.2, 0) is 4.79 Å². The Labute approximate surface area is 128 Å². The smallest absolute Gasteiger partial charge is 0.313 e. The van der Waals surface area contributed by atoms with Gasteiger partial charge in [-0.1, -0.05) is 11.8 Å². The molecular weight excluding hydrogens is 288 g/mol. The number of carbonyl (C=O) groups is 1. The lowest BCUT2D eigenvalue weighted by Gasteiger charge is -2.20. The van der Waals surface area contributed by atoms with Crippen LogP contribution in [0.5, 0.6) is 0 Å². The molecule has 2 aromatic heterocycles. The number of carboxylic acids is 1. The molecule has 1 unspecified atom stereocenters. The predicted molar refractivity (Wildman–Crippen MR) is 83.9 cm³/mol. The van der Waals surface area contributed by atoms with Gasteiger partial charge in [0.2, 0.25) is 0 Å². The molecule has 7 heteroatoms. The number of hydrogen-bond acceptors (Lipinski definition) is 5. The number of thioether (sulfide) groups is 1. The van der Waals surface area contributed by atoms with E-state index in [1.165, 1.54) is 11.8 Å². The van der Waals surface area contributed by atoms with E-state index in [1.54, 1.807) is 0 Å². The SMILES string of the molecule is Cc1cnc2c(c1)nc(SCC(=O)O)n2C(C)CN(C)C. The second-order valence-electron chi connectivity index (χ2n) is 5.41. The van der Waals surface area contributed by atoms with Crippen molar-refractivity contribution in [3.05, 3.63) is 17.8 Å². The molecule has 0 aliphatic heterocycles. The molecule has 114 valence electrons. The zero-order valence-electron chi connectivity index (χ0n) is 12.7. The molecule has 0 saturated carbocycles. The van der Waals surface area contributed by atoms with Gasteiger partial charge in [0.1, 0.15) is 5.52 Å². The number of pyridine rings is 1. The summed E-state index contributed by atoms with van der Waals surface area (Å²) in [7, 11) is 4.02. The zero-order chi connectivity index (χ0) is 15.6. The molecule has 0 bridgehead atoms. The standard InChI is InChI=1S/C14H20N4O2S/c1-9-5-11-13(15-6-9)18(10(2)7-17(3)4)14(16-11)21-8-12(19)20/h5-6,10H,7-8H2,1-4H3,(H,19,20). The number of likely N-dealkylation sites (N-methyl/N-ethyl adjacent to an activating group) is 1. The molecule has 6 nitrogen and oxygen atoms in total. The van der Waals surface area contributed by atoms with Crippen LogP contribution in [0.3, 0.4) is 0 Å². The molecule has 0 amide bonds. The Morgan fingerprint density at radius 1 is 1.52 bits per heavy atom. The lowest BCUT2D eigenvalue weighted by atomic mass is 10.3. The third-order valence-corrected chi connectivity index (χ3v) is 3.97. The fourth-order valence-electron chi connectivity index (χ4n) is 2.30. The van der Waals surface area contributed by atoms with Gasteiger partial charge in [0.15, 0.2) is 10.8 Å². The van der Waals surface area contributed by atoms with Crippen LogP contribution in [0.15, 0.2) is 17.4 Å². The monoisotopic (exact) mass is 308 g/mol. The zero-order valence-corrected chi connectivity index (χ0v) is 13.5. The number of aliphatic carboxylic acids is 1. The van der Waals surface area contributed by atoms with Crippen LogP contribution >= 0.6 is 11.8 Å². The van der Waals surface area contributed by atoms with Crippen molar-refractivity contribution in [1.29, 1.82) is 0 Å². The Hall–Kier alpha value is -1.60. The first-order chi connectivity index (χ1) is 9.88. The quantitative estimate of drug-likeness (QED) is 0.823. The Balaban J connectivity index is 2.46. The van der Waals surface area contributed by atoms with E-state index in [9.17, 15) is 4.79 Å². The summed E-state index contributed by atoms with van der Waals surface area (Å²) >= 11 is 1.24. The summed E-state index contributed by atoms with van der Waals surface area (Å²) in [5.41, 5.74) is 2.67. The first kappa shape index (κ1) is 15.8. The van der Waals surface area contributed by atoms with E-state index < -0.39 is 5.97 Å². The number of aryl methyl sites for hydroxylation is 1. The van der Waals surface area contributed by atoms with Gasteiger partial charge in [0, 0.05) is 18.8 Å². The summed E-state index contributed by atoms with van der Waals surface area (Å²) in [6.07, 6.45) is 1.81. The van der Waals surface area contributed by atoms with Crippen LogP contribution in [0.2, 0.25) is 0 Å². The van der Waals surface area contributed by atoms with Crippen molar-refractivity contribution in [2.75, 3.05) is 26.4 Å². The number of rotatable bonds is 6. The maximum Gasteiger partial charge on any atom is 0.313 e. The van der Waals surface area contributed by atoms with Crippen LogP contribution in [-0.4, -0.2) is 56.9 Å². The van der Waals surface area contributed by atoms with Gasteiger partial charge in [0.05, 0.1) is 5.75 Å². The Kier molecular flexibility index (Phi) is 4.84. The Bertz CT molecular complexity index is 654. The molecule has 0 aliphatic rings. The maximum absolute atomic E-state index is 10.8. The third-order valence-electron chi connectivity index (χ3n) is 3.03. The first-order valence-corrected chi connectivity index (χ1v) is 7.71. The van der Waals surface area contributed by atoms with Crippen LogP contribution < -0.4 is 0 Å². The largest absolute Gasteiger partial charge is 0.481 e. The van der Waals surface area contributed by atoms with Crippen molar-refractivity contribution in [3.63, 3.8) is 0 Å². The molecule has 0 radical (unpaired) electrons. The van der Waals surface area contributed by atoms with E-state index in [1.807, 2.05) is 37.8 Å². The van der Waals surface area contributed by atoms with Crippen molar-refractivity contribution in [3.8, 4) is 0 Å². The van der Waals surface area contributed by atoms with E-state index in [2.05, 4.69) is 21.8 Å². The molecule has 0 aromatic carbocycles. The van der Waals surface area contributed by atoms with E-state index in [4.69, 9.17) is 5.11 Å². The van der Waals surface area contributed by atoms with Crippen LogP contribution in [0.4, 0.5) is 0 Å². The second-order valence-corrected chi connectivity index (χ2v) is 6.36. The van der Waals surface area contributed by atoms with Crippen LogP contribution in [0.25, 0.3) is 11.2 Å². The number of carboxylic acid groups (broad SMARTS) is 1. The summed E-state index contributed by atoms with van der Waals surface area (Å²) < 4.78 is 2.03. The molecular formula is C14H20N4O2S. The van der Waals surface area contributed by atoms with Crippen molar-refractivity contribution in [2.24, 2.45) is 0 Å². The molecule has 0 saturated heterocycles. The molecule has 1 N–H and O–H groups in total. The highest BCUT2D eigenvalue weighted by Gasteiger charge is 2.18. The molecule has 0 fully saturated rings. The average Bonchev–Trinajstić information content (AvgIpc) is 2.72. The van der Waals surface area contributed by atoms with Gasteiger partial charge in [-0.25, -0.2) is 9.97 Å². The summed E-state index contributed by atoms with van der Waals surface area (Å²) in [5, 5.41) is 9.60. The topological polar surface area (TPSA) is 71.2 Å². The highest BCUT2D eigenvalue weighted by Crippen LogP contribution is 2.27. The van der Waals surface area contributed by atoms with Gasteiger partial charge >= 0.3 is 5.97 Å².